The van der Waals surface area contributed by atoms with Crippen LogP contribution < -0.4 is 4.90 Å². The molecule has 5 heteroatoms. The Hall–Kier alpha value is -2.53. The zero-order chi connectivity index (χ0) is 18.9. The zero-order valence-electron chi connectivity index (χ0n) is 16.5. The Morgan fingerprint density at radius 2 is 1.82 bits per heavy atom. The number of aryl methyl sites for hydroxylation is 1. The molecule has 1 aromatic carbocycles. The highest BCUT2D eigenvalue weighted by Crippen LogP contribution is 2.33. The van der Waals surface area contributed by atoms with E-state index in [9.17, 15) is 0 Å². The van der Waals surface area contributed by atoms with Gasteiger partial charge >= 0.3 is 0 Å². The van der Waals surface area contributed by atoms with Crippen molar-refractivity contribution in [1.29, 1.82) is 0 Å². The summed E-state index contributed by atoms with van der Waals surface area (Å²) in [5.41, 5.74) is 4.26. The van der Waals surface area contributed by atoms with Crippen LogP contribution in [0.3, 0.4) is 0 Å². The molecule has 0 bridgehead atoms. The topological polar surface area (TPSA) is 45.2 Å². The number of piperidine rings is 1. The van der Waals surface area contributed by atoms with Gasteiger partial charge in [-0.3, -0.25) is 14.9 Å². The Morgan fingerprint density at radius 3 is 2.71 bits per heavy atom. The molecule has 2 atom stereocenters. The molecule has 0 radical (unpaired) electrons. The molecule has 3 aromatic rings. The van der Waals surface area contributed by atoms with Crippen molar-refractivity contribution in [2.75, 3.05) is 31.1 Å². The van der Waals surface area contributed by atoms with E-state index < -0.39 is 0 Å². The second-order valence-electron chi connectivity index (χ2n) is 8.12. The summed E-state index contributed by atoms with van der Waals surface area (Å²) >= 11 is 0. The molecule has 0 aliphatic carbocycles. The van der Waals surface area contributed by atoms with Crippen molar-refractivity contribution in [3.63, 3.8) is 0 Å². The third-order valence-corrected chi connectivity index (χ3v) is 6.34. The Kier molecular flexibility index (Phi) is 4.69. The lowest BCUT2D eigenvalue weighted by Crippen LogP contribution is -2.49. The molecule has 0 saturated carbocycles. The molecule has 2 saturated heterocycles. The lowest BCUT2D eigenvalue weighted by atomic mass is 9.92. The van der Waals surface area contributed by atoms with E-state index in [-0.39, 0.29) is 0 Å². The summed E-state index contributed by atoms with van der Waals surface area (Å²) in [5, 5.41) is 0. The fourth-order valence-corrected chi connectivity index (χ4v) is 4.81. The Bertz CT molecular complexity index is 972. The summed E-state index contributed by atoms with van der Waals surface area (Å²) in [4.78, 5) is 19.3. The number of rotatable bonds is 4. The molecule has 2 fully saturated rings. The number of fused-ring (bicyclic) bond motifs is 2. The van der Waals surface area contributed by atoms with Crippen molar-refractivity contribution in [2.45, 2.75) is 32.2 Å². The van der Waals surface area contributed by atoms with E-state index in [1.165, 1.54) is 25.1 Å². The molecule has 28 heavy (non-hydrogen) atoms. The first-order valence-corrected chi connectivity index (χ1v) is 10.4. The lowest BCUT2D eigenvalue weighted by Gasteiger charge is -2.39. The van der Waals surface area contributed by atoms with Crippen molar-refractivity contribution in [3.05, 3.63) is 60.0 Å². The van der Waals surface area contributed by atoms with E-state index in [1.54, 1.807) is 0 Å². The highest BCUT2D eigenvalue weighted by molar-refractivity contribution is 5.75. The number of aromatic nitrogens is 3. The van der Waals surface area contributed by atoms with Gasteiger partial charge in [-0.25, -0.2) is 4.98 Å². The molecular formula is C23H27N5. The van der Waals surface area contributed by atoms with Gasteiger partial charge in [0.25, 0.3) is 0 Å². The predicted octanol–water partition coefficient (Wildman–Crippen LogP) is 3.48. The number of likely N-dealkylation sites (tertiary alicyclic amines) is 1. The fraction of sp³-hybridized carbons (Fsp3) is 0.435. The second kappa shape index (κ2) is 7.47. The quantitative estimate of drug-likeness (QED) is 0.701. The second-order valence-corrected chi connectivity index (χ2v) is 8.12. The van der Waals surface area contributed by atoms with E-state index in [4.69, 9.17) is 4.98 Å². The summed E-state index contributed by atoms with van der Waals surface area (Å²) in [6.07, 6.45) is 5.54. The molecular weight excluding hydrogens is 346 g/mol. The van der Waals surface area contributed by atoms with Crippen molar-refractivity contribution in [2.24, 2.45) is 5.92 Å². The maximum atomic E-state index is 4.88. The molecule has 0 amide bonds. The van der Waals surface area contributed by atoms with Crippen LogP contribution in [-0.4, -0.2) is 52.1 Å². The summed E-state index contributed by atoms with van der Waals surface area (Å²) in [5.74, 6) is 1.83. The molecule has 5 nitrogen and oxygen atoms in total. The molecule has 0 spiro atoms. The number of benzene rings is 1. The lowest BCUT2D eigenvalue weighted by molar-refractivity contribution is 0.209. The summed E-state index contributed by atoms with van der Waals surface area (Å²) in [7, 11) is 0. The minimum Gasteiger partial charge on any atom is -0.354 e. The smallest absolute Gasteiger partial charge is 0.147 e. The van der Waals surface area contributed by atoms with Crippen molar-refractivity contribution in [3.8, 4) is 0 Å². The largest absolute Gasteiger partial charge is 0.354 e. The summed E-state index contributed by atoms with van der Waals surface area (Å²) in [6.45, 7) is 6.51. The van der Waals surface area contributed by atoms with Crippen LogP contribution in [-0.2, 0) is 6.42 Å². The molecule has 144 valence electrons. The number of anilines is 1. The Labute approximate surface area is 166 Å². The maximum Gasteiger partial charge on any atom is 0.147 e. The van der Waals surface area contributed by atoms with Crippen LogP contribution in [0.2, 0.25) is 0 Å². The summed E-state index contributed by atoms with van der Waals surface area (Å²) in [6, 6.07) is 15.1. The van der Waals surface area contributed by atoms with Crippen molar-refractivity contribution in [1.82, 2.24) is 19.9 Å². The molecule has 2 unspecified atom stereocenters. The minimum absolute atomic E-state index is 0.617. The van der Waals surface area contributed by atoms with E-state index in [0.717, 1.165) is 54.5 Å². The average molecular weight is 374 g/mol. The number of pyridine rings is 1. The first-order chi connectivity index (χ1) is 13.8. The van der Waals surface area contributed by atoms with Gasteiger partial charge in [-0.2, -0.15) is 0 Å². The van der Waals surface area contributed by atoms with Gasteiger partial charge in [-0.15, -0.1) is 0 Å². The SMILES string of the molecule is Cc1cccc(CCN2CCC3CCN(c4cnc5ccccc5n4)CC32)n1. The third-order valence-electron chi connectivity index (χ3n) is 6.34. The van der Waals surface area contributed by atoms with Crippen LogP contribution in [0.4, 0.5) is 5.82 Å². The van der Waals surface area contributed by atoms with E-state index in [1.807, 2.05) is 24.4 Å². The minimum atomic E-state index is 0.617. The fourth-order valence-electron chi connectivity index (χ4n) is 4.81. The molecule has 4 heterocycles. The van der Waals surface area contributed by atoms with Crippen molar-refractivity contribution < 1.29 is 0 Å². The maximum absolute atomic E-state index is 4.88. The highest BCUT2D eigenvalue weighted by atomic mass is 15.3. The predicted molar refractivity (Wildman–Crippen MR) is 113 cm³/mol. The zero-order valence-corrected chi connectivity index (χ0v) is 16.5. The van der Waals surface area contributed by atoms with Gasteiger partial charge in [0.1, 0.15) is 5.82 Å². The van der Waals surface area contributed by atoms with Crippen LogP contribution in [0.15, 0.2) is 48.7 Å². The van der Waals surface area contributed by atoms with Gasteiger partial charge in [-0.05, 0) is 56.5 Å². The number of hydrogen-bond acceptors (Lipinski definition) is 5. The average Bonchev–Trinajstić information content (AvgIpc) is 3.14. The molecule has 2 aliphatic heterocycles. The standard InChI is InChI=1S/C23H27N5/c1-17-5-4-6-19(25-17)11-14-27-12-9-18-10-13-28(16-22(18)27)23-15-24-20-7-2-3-8-21(20)26-23/h2-8,15,18,22H,9-14,16H2,1H3. The van der Waals surface area contributed by atoms with Gasteiger partial charge < -0.3 is 4.90 Å². The van der Waals surface area contributed by atoms with Crippen LogP contribution in [0.5, 0.6) is 0 Å². The van der Waals surface area contributed by atoms with Gasteiger partial charge in [0, 0.05) is 43.5 Å². The molecule has 2 aliphatic rings. The summed E-state index contributed by atoms with van der Waals surface area (Å²) < 4.78 is 0. The Morgan fingerprint density at radius 1 is 0.964 bits per heavy atom. The van der Waals surface area contributed by atoms with Crippen LogP contribution in [0, 0.1) is 12.8 Å². The first kappa shape index (κ1) is 17.6. The third kappa shape index (κ3) is 3.47. The van der Waals surface area contributed by atoms with Gasteiger partial charge in [0.05, 0.1) is 17.2 Å². The first-order valence-electron chi connectivity index (χ1n) is 10.4. The van der Waals surface area contributed by atoms with Crippen LogP contribution in [0.25, 0.3) is 11.0 Å². The molecule has 2 aromatic heterocycles. The van der Waals surface area contributed by atoms with E-state index >= 15 is 0 Å². The molecule has 5 rings (SSSR count). The van der Waals surface area contributed by atoms with Crippen LogP contribution >= 0.6 is 0 Å². The monoisotopic (exact) mass is 373 g/mol. The highest BCUT2D eigenvalue weighted by Gasteiger charge is 2.38. The van der Waals surface area contributed by atoms with Gasteiger partial charge in [0.2, 0.25) is 0 Å². The number of hydrogen-bond donors (Lipinski definition) is 0. The van der Waals surface area contributed by atoms with Crippen LogP contribution in [0.1, 0.15) is 24.2 Å². The number of para-hydroxylation sites is 2. The van der Waals surface area contributed by atoms with E-state index in [0.29, 0.717) is 6.04 Å². The Balaban J connectivity index is 1.29. The normalized spacial score (nSPS) is 22.5. The van der Waals surface area contributed by atoms with Gasteiger partial charge in [0.15, 0.2) is 0 Å². The molecule has 0 N–H and O–H groups in total. The van der Waals surface area contributed by atoms with Crippen molar-refractivity contribution >= 4 is 16.9 Å². The number of nitrogens with zero attached hydrogens (tertiary/aromatic N) is 5. The van der Waals surface area contributed by atoms with Gasteiger partial charge in [-0.1, -0.05) is 18.2 Å². The van der Waals surface area contributed by atoms with E-state index in [2.05, 4.69) is 51.0 Å².